The van der Waals surface area contributed by atoms with Crippen LogP contribution in [0.5, 0.6) is 0 Å². The average molecular weight is 311 g/mol. The second-order valence-corrected chi connectivity index (χ2v) is 6.49. The van der Waals surface area contributed by atoms with E-state index in [2.05, 4.69) is 10.3 Å². The summed E-state index contributed by atoms with van der Waals surface area (Å²) < 4.78 is 0. The van der Waals surface area contributed by atoms with Gasteiger partial charge in [-0.25, -0.2) is 9.78 Å². The minimum absolute atomic E-state index is 0.0816. The molecule has 2 amide bonds. The molecule has 1 saturated carbocycles. The highest BCUT2D eigenvalue weighted by Gasteiger charge is 2.27. The molecule has 0 saturated heterocycles. The van der Waals surface area contributed by atoms with Crippen LogP contribution >= 0.6 is 11.3 Å². The Morgan fingerprint density at radius 3 is 2.62 bits per heavy atom. The van der Waals surface area contributed by atoms with E-state index < -0.39 is 5.97 Å². The number of thiazole rings is 1. The predicted octanol–water partition coefficient (Wildman–Crippen LogP) is 2.24. The Hall–Kier alpha value is -1.63. The van der Waals surface area contributed by atoms with Crippen molar-refractivity contribution in [3.8, 4) is 0 Å². The number of hydrogen-bond donors (Lipinski definition) is 2. The van der Waals surface area contributed by atoms with Crippen molar-refractivity contribution in [1.29, 1.82) is 0 Å². The normalized spacial score (nSPS) is 21.8. The monoisotopic (exact) mass is 311 g/mol. The van der Waals surface area contributed by atoms with Gasteiger partial charge < -0.3 is 15.3 Å². The second kappa shape index (κ2) is 6.89. The van der Waals surface area contributed by atoms with Crippen molar-refractivity contribution >= 4 is 23.3 Å². The fourth-order valence-corrected chi connectivity index (χ4v) is 3.36. The fourth-order valence-electron chi connectivity index (χ4n) is 2.53. The van der Waals surface area contributed by atoms with Crippen molar-refractivity contribution in [2.45, 2.75) is 45.2 Å². The summed E-state index contributed by atoms with van der Waals surface area (Å²) in [6.07, 6.45) is 2.74. The third-order valence-corrected chi connectivity index (χ3v) is 4.90. The van der Waals surface area contributed by atoms with Crippen LogP contribution in [0.2, 0.25) is 0 Å². The maximum atomic E-state index is 12.1. The molecule has 0 bridgehead atoms. The first-order chi connectivity index (χ1) is 9.97. The summed E-state index contributed by atoms with van der Waals surface area (Å²) >= 11 is 1.55. The quantitative estimate of drug-likeness (QED) is 0.893. The smallest absolute Gasteiger partial charge is 0.317 e. The van der Waals surface area contributed by atoms with Crippen LogP contribution in [0.15, 0.2) is 5.51 Å². The van der Waals surface area contributed by atoms with Crippen molar-refractivity contribution in [3.63, 3.8) is 0 Å². The van der Waals surface area contributed by atoms with Crippen molar-refractivity contribution in [1.82, 2.24) is 15.2 Å². The molecular formula is C14H21N3O3S. The number of aryl methyl sites for hydroxylation is 1. The van der Waals surface area contributed by atoms with E-state index in [0.29, 0.717) is 19.4 Å². The molecule has 0 unspecified atom stereocenters. The molecule has 0 radical (unpaired) electrons. The highest BCUT2D eigenvalue weighted by atomic mass is 32.1. The molecule has 2 rings (SSSR count). The SMILES string of the molecule is Cc1ncsc1CN(C)C(=O)NC1CCC(C(=O)O)CC1. The number of hydrogen-bond acceptors (Lipinski definition) is 4. The third kappa shape index (κ3) is 4.17. The first-order valence-electron chi connectivity index (χ1n) is 7.10. The molecule has 1 aromatic heterocycles. The molecule has 1 aliphatic carbocycles. The zero-order chi connectivity index (χ0) is 15.4. The Balaban J connectivity index is 1.79. The Kier molecular flexibility index (Phi) is 5.17. The number of aromatic nitrogens is 1. The number of carbonyl (C=O) groups excluding carboxylic acids is 1. The van der Waals surface area contributed by atoms with Gasteiger partial charge in [-0.2, -0.15) is 0 Å². The molecule has 0 aromatic carbocycles. The molecule has 1 fully saturated rings. The number of amides is 2. The van der Waals surface area contributed by atoms with Crippen molar-refractivity contribution < 1.29 is 14.7 Å². The number of carboxylic acids is 1. The fraction of sp³-hybridized carbons (Fsp3) is 0.643. The standard InChI is InChI=1S/C14H21N3O3S/c1-9-12(21-8-15-9)7-17(2)14(20)16-11-5-3-10(4-6-11)13(18)19/h8,10-11H,3-7H2,1-2H3,(H,16,20)(H,18,19). The van der Waals surface area contributed by atoms with Crippen LogP contribution in [-0.4, -0.2) is 40.1 Å². The molecule has 7 heteroatoms. The first-order valence-corrected chi connectivity index (χ1v) is 7.98. The molecule has 116 valence electrons. The lowest BCUT2D eigenvalue weighted by atomic mass is 9.86. The van der Waals surface area contributed by atoms with E-state index in [4.69, 9.17) is 5.11 Å². The summed E-state index contributed by atoms with van der Waals surface area (Å²) in [5.74, 6) is -0.978. The molecule has 1 aliphatic rings. The second-order valence-electron chi connectivity index (χ2n) is 5.55. The number of carbonyl (C=O) groups is 2. The zero-order valence-electron chi connectivity index (χ0n) is 12.3. The number of urea groups is 1. The van der Waals surface area contributed by atoms with Gasteiger partial charge in [0.1, 0.15) is 0 Å². The van der Waals surface area contributed by atoms with E-state index in [0.717, 1.165) is 23.4 Å². The highest BCUT2D eigenvalue weighted by Crippen LogP contribution is 2.24. The first kappa shape index (κ1) is 15.8. The lowest BCUT2D eigenvalue weighted by Gasteiger charge is -2.28. The highest BCUT2D eigenvalue weighted by molar-refractivity contribution is 7.09. The molecule has 21 heavy (non-hydrogen) atoms. The van der Waals surface area contributed by atoms with Crippen LogP contribution < -0.4 is 5.32 Å². The maximum Gasteiger partial charge on any atom is 0.317 e. The Morgan fingerprint density at radius 1 is 1.43 bits per heavy atom. The van der Waals surface area contributed by atoms with Gasteiger partial charge in [-0.05, 0) is 32.6 Å². The number of nitrogens with zero attached hydrogens (tertiary/aromatic N) is 2. The number of rotatable bonds is 4. The Morgan fingerprint density at radius 2 is 2.10 bits per heavy atom. The van der Waals surface area contributed by atoms with Crippen LogP contribution in [0.4, 0.5) is 4.79 Å². The minimum atomic E-state index is -0.724. The molecule has 1 aromatic rings. The molecule has 1 heterocycles. The number of nitrogens with one attached hydrogen (secondary N) is 1. The van der Waals surface area contributed by atoms with Crippen LogP contribution in [0.1, 0.15) is 36.3 Å². The van der Waals surface area contributed by atoms with Gasteiger partial charge in [0.05, 0.1) is 23.7 Å². The molecule has 0 aliphatic heterocycles. The molecular weight excluding hydrogens is 290 g/mol. The molecule has 0 spiro atoms. The summed E-state index contributed by atoms with van der Waals surface area (Å²) in [5, 5.41) is 12.0. The van der Waals surface area contributed by atoms with Crippen LogP contribution in [0.3, 0.4) is 0 Å². The average Bonchev–Trinajstić information content (AvgIpc) is 2.84. The zero-order valence-corrected chi connectivity index (χ0v) is 13.2. The van der Waals surface area contributed by atoms with Crippen LogP contribution in [0.25, 0.3) is 0 Å². The lowest BCUT2D eigenvalue weighted by molar-refractivity contribution is -0.142. The summed E-state index contributed by atoms with van der Waals surface area (Å²) in [4.78, 5) is 29.9. The van der Waals surface area contributed by atoms with E-state index in [1.807, 2.05) is 6.92 Å². The van der Waals surface area contributed by atoms with E-state index in [1.165, 1.54) is 0 Å². The predicted molar refractivity (Wildman–Crippen MR) is 80.2 cm³/mol. The Labute approximate surface area is 128 Å². The maximum absolute atomic E-state index is 12.1. The summed E-state index contributed by atoms with van der Waals surface area (Å²) in [6, 6.07) is -0.0281. The van der Waals surface area contributed by atoms with Gasteiger partial charge in [0, 0.05) is 18.0 Å². The van der Waals surface area contributed by atoms with Crippen LogP contribution in [0, 0.1) is 12.8 Å². The molecule has 0 atom stereocenters. The van der Waals surface area contributed by atoms with Crippen molar-refractivity contribution in [3.05, 3.63) is 16.1 Å². The van der Waals surface area contributed by atoms with E-state index >= 15 is 0 Å². The minimum Gasteiger partial charge on any atom is -0.481 e. The van der Waals surface area contributed by atoms with Gasteiger partial charge in [-0.3, -0.25) is 4.79 Å². The summed E-state index contributed by atoms with van der Waals surface area (Å²) in [5.41, 5.74) is 2.74. The van der Waals surface area contributed by atoms with Crippen LogP contribution in [-0.2, 0) is 11.3 Å². The van der Waals surface area contributed by atoms with E-state index in [9.17, 15) is 9.59 Å². The van der Waals surface area contributed by atoms with E-state index in [1.54, 1.807) is 28.8 Å². The topological polar surface area (TPSA) is 82.5 Å². The van der Waals surface area contributed by atoms with E-state index in [-0.39, 0.29) is 18.0 Å². The van der Waals surface area contributed by atoms with Crippen molar-refractivity contribution in [2.24, 2.45) is 5.92 Å². The van der Waals surface area contributed by atoms with Gasteiger partial charge in [-0.1, -0.05) is 0 Å². The Bertz CT molecular complexity index is 509. The van der Waals surface area contributed by atoms with Gasteiger partial charge in [0.2, 0.25) is 0 Å². The summed E-state index contributed by atoms with van der Waals surface area (Å²) in [7, 11) is 1.76. The lowest BCUT2D eigenvalue weighted by Crippen LogP contribution is -2.44. The van der Waals surface area contributed by atoms with Gasteiger partial charge in [0.15, 0.2) is 0 Å². The largest absolute Gasteiger partial charge is 0.481 e. The van der Waals surface area contributed by atoms with Gasteiger partial charge in [0.25, 0.3) is 0 Å². The number of carboxylic acid groups (broad SMARTS) is 1. The third-order valence-electron chi connectivity index (χ3n) is 3.98. The molecule has 2 N–H and O–H groups in total. The summed E-state index contributed by atoms with van der Waals surface area (Å²) in [6.45, 7) is 2.48. The van der Waals surface area contributed by atoms with Gasteiger partial charge >= 0.3 is 12.0 Å². The van der Waals surface area contributed by atoms with Crippen molar-refractivity contribution in [2.75, 3.05) is 7.05 Å². The molecule has 6 nitrogen and oxygen atoms in total. The van der Waals surface area contributed by atoms with Gasteiger partial charge in [-0.15, -0.1) is 11.3 Å². The number of aliphatic carboxylic acids is 1.